The molecule has 19 heavy (non-hydrogen) atoms. The average Bonchev–Trinajstić information content (AvgIpc) is 2.37. The molecule has 0 radical (unpaired) electrons. The van der Waals surface area contributed by atoms with Crippen molar-refractivity contribution in [2.75, 3.05) is 6.61 Å². The second-order valence-corrected chi connectivity index (χ2v) is 5.13. The van der Waals surface area contributed by atoms with Gasteiger partial charge in [0.2, 0.25) is 0 Å². The molecule has 1 aliphatic heterocycles. The van der Waals surface area contributed by atoms with Gasteiger partial charge in [0.1, 0.15) is 5.82 Å². The van der Waals surface area contributed by atoms with Crippen molar-refractivity contribution in [3.63, 3.8) is 0 Å². The summed E-state index contributed by atoms with van der Waals surface area (Å²) in [5, 5.41) is 0. The number of carbonyl (C=O) groups excluding carboxylic acids is 1. The van der Waals surface area contributed by atoms with E-state index in [0.717, 1.165) is 18.7 Å². The predicted octanol–water partition coefficient (Wildman–Crippen LogP) is 1.81. The largest absolute Gasteiger partial charge is 0.466 e. The van der Waals surface area contributed by atoms with Gasteiger partial charge in [-0.25, -0.2) is 4.98 Å². The summed E-state index contributed by atoms with van der Waals surface area (Å²) in [6.07, 6.45) is 3.55. The van der Waals surface area contributed by atoms with Gasteiger partial charge in [0, 0.05) is 23.7 Å². The molecule has 0 saturated heterocycles. The lowest BCUT2D eigenvalue weighted by Crippen LogP contribution is -2.34. The van der Waals surface area contributed by atoms with Crippen LogP contribution in [-0.2, 0) is 16.0 Å². The number of nitrogens with zero attached hydrogens (tertiary/aromatic N) is 2. The highest BCUT2D eigenvalue weighted by Crippen LogP contribution is 2.29. The number of aromatic nitrogens is 2. The second-order valence-electron chi connectivity index (χ2n) is 5.13. The van der Waals surface area contributed by atoms with Crippen molar-refractivity contribution >= 4 is 5.97 Å². The van der Waals surface area contributed by atoms with E-state index in [-0.39, 0.29) is 24.0 Å². The van der Waals surface area contributed by atoms with Crippen molar-refractivity contribution < 1.29 is 9.53 Å². The summed E-state index contributed by atoms with van der Waals surface area (Å²) in [4.78, 5) is 28.3. The molecule has 0 saturated carbocycles. The molecule has 0 aliphatic carbocycles. The molecule has 0 fully saturated rings. The molecule has 2 heterocycles. The van der Waals surface area contributed by atoms with Crippen molar-refractivity contribution in [3.8, 4) is 0 Å². The van der Waals surface area contributed by atoms with Gasteiger partial charge in [0.15, 0.2) is 0 Å². The Hall–Kier alpha value is -1.65. The Morgan fingerprint density at radius 1 is 1.47 bits per heavy atom. The van der Waals surface area contributed by atoms with E-state index in [0.29, 0.717) is 18.1 Å². The first-order valence-corrected chi connectivity index (χ1v) is 6.80. The first kappa shape index (κ1) is 13.8. The fraction of sp³-hybridized carbons (Fsp3) is 0.643. The van der Waals surface area contributed by atoms with E-state index in [4.69, 9.17) is 4.74 Å². The van der Waals surface area contributed by atoms with Crippen LogP contribution in [0.4, 0.5) is 0 Å². The lowest BCUT2D eigenvalue weighted by molar-refractivity contribution is -0.142. The summed E-state index contributed by atoms with van der Waals surface area (Å²) < 4.78 is 6.62. The van der Waals surface area contributed by atoms with Crippen LogP contribution in [0, 0.1) is 0 Å². The van der Waals surface area contributed by atoms with Crippen LogP contribution in [0.5, 0.6) is 0 Å². The summed E-state index contributed by atoms with van der Waals surface area (Å²) in [5.74, 6) is 0.746. The van der Waals surface area contributed by atoms with Gasteiger partial charge in [-0.05, 0) is 26.7 Å². The zero-order valence-electron chi connectivity index (χ0n) is 11.7. The molecular weight excluding hydrogens is 244 g/mol. The number of esters is 1. The van der Waals surface area contributed by atoms with E-state index in [9.17, 15) is 9.59 Å². The van der Waals surface area contributed by atoms with E-state index in [2.05, 4.69) is 11.9 Å². The minimum absolute atomic E-state index is 0.00105. The van der Waals surface area contributed by atoms with Crippen LogP contribution >= 0.6 is 0 Å². The van der Waals surface area contributed by atoms with Gasteiger partial charge in [-0.15, -0.1) is 0 Å². The maximum absolute atomic E-state index is 12.4. The Kier molecular flexibility index (Phi) is 4.02. The Labute approximate surface area is 112 Å². The Morgan fingerprint density at radius 3 is 2.89 bits per heavy atom. The topological polar surface area (TPSA) is 61.2 Å². The van der Waals surface area contributed by atoms with E-state index in [1.165, 1.54) is 6.20 Å². The molecule has 104 valence electrons. The highest BCUT2D eigenvalue weighted by Gasteiger charge is 2.25. The minimum atomic E-state index is -0.376. The van der Waals surface area contributed by atoms with Crippen molar-refractivity contribution in [3.05, 3.63) is 27.9 Å². The molecule has 0 aromatic carbocycles. The van der Waals surface area contributed by atoms with Gasteiger partial charge in [-0.3, -0.25) is 14.2 Å². The third-order valence-corrected chi connectivity index (χ3v) is 3.63. The van der Waals surface area contributed by atoms with Crippen LogP contribution < -0.4 is 5.56 Å². The molecule has 0 unspecified atom stereocenters. The minimum Gasteiger partial charge on any atom is -0.466 e. The van der Waals surface area contributed by atoms with E-state index >= 15 is 0 Å². The van der Waals surface area contributed by atoms with Gasteiger partial charge in [0.05, 0.1) is 13.0 Å². The molecular formula is C14H20N2O3. The molecule has 5 nitrogen and oxygen atoms in total. The summed E-state index contributed by atoms with van der Waals surface area (Å²) >= 11 is 0. The fourth-order valence-electron chi connectivity index (χ4n) is 2.55. The number of fused-ring (bicyclic) bond motifs is 1. The molecule has 1 aliphatic rings. The van der Waals surface area contributed by atoms with Crippen LogP contribution in [0.15, 0.2) is 11.0 Å². The number of hydrogen-bond acceptors (Lipinski definition) is 4. The molecule has 0 spiro atoms. The maximum Gasteiger partial charge on any atom is 0.310 e. The molecule has 2 rings (SSSR count). The Balaban J connectivity index is 2.36. The van der Waals surface area contributed by atoms with Gasteiger partial charge in [-0.1, -0.05) is 6.92 Å². The van der Waals surface area contributed by atoms with E-state index in [1.807, 2.05) is 6.92 Å². The normalized spacial score (nSPS) is 21.8. The van der Waals surface area contributed by atoms with E-state index < -0.39 is 0 Å². The van der Waals surface area contributed by atoms with Gasteiger partial charge < -0.3 is 4.74 Å². The maximum atomic E-state index is 12.4. The van der Waals surface area contributed by atoms with Crippen LogP contribution in [0.25, 0.3) is 0 Å². The Bertz CT molecular complexity index is 536. The van der Waals surface area contributed by atoms with Crippen LogP contribution in [-0.4, -0.2) is 22.1 Å². The fourth-order valence-corrected chi connectivity index (χ4v) is 2.55. The van der Waals surface area contributed by atoms with Crippen molar-refractivity contribution in [1.29, 1.82) is 0 Å². The summed E-state index contributed by atoms with van der Waals surface area (Å²) in [6, 6.07) is 0.147. The van der Waals surface area contributed by atoms with Crippen LogP contribution in [0.3, 0.4) is 0 Å². The second kappa shape index (κ2) is 5.55. The smallest absolute Gasteiger partial charge is 0.310 e. The SMILES string of the molecule is CCOC(=O)Cc1cnc2n(c1=O)[C@@H](C)CC[C@@H]2C. The number of ether oxygens (including phenoxy) is 1. The van der Waals surface area contributed by atoms with Crippen molar-refractivity contribution in [1.82, 2.24) is 9.55 Å². The standard InChI is InChI=1S/C14H20N2O3/c1-4-19-12(17)7-11-8-15-13-9(2)5-6-10(3)16(13)14(11)18/h8-10H,4-7H2,1-3H3/t9-,10-/m0/s1. The van der Waals surface area contributed by atoms with Crippen LogP contribution in [0.2, 0.25) is 0 Å². The van der Waals surface area contributed by atoms with Crippen molar-refractivity contribution in [2.45, 2.75) is 52.0 Å². The molecule has 2 atom stereocenters. The number of carbonyl (C=O) groups is 1. The summed E-state index contributed by atoms with van der Waals surface area (Å²) in [5.41, 5.74) is 0.320. The van der Waals surface area contributed by atoms with Crippen molar-refractivity contribution in [2.24, 2.45) is 0 Å². The number of rotatable bonds is 3. The highest BCUT2D eigenvalue weighted by atomic mass is 16.5. The first-order valence-electron chi connectivity index (χ1n) is 6.80. The molecule has 0 bridgehead atoms. The highest BCUT2D eigenvalue weighted by molar-refractivity contribution is 5.72. The van der Waals surface area contributed by atoms with Gasteiger partial charge in [0.25, 0.3) is 5.56 Å². The zero-order chi connectivity index (χ0) is 14.0. The summed E-state index contributed by atoms with van der Waals surface area (Å²) in [7, 11) is 0. The zero-order valence-corrected chi connectivity index (χ0v) is 11.7. The molecule has 0 N–H and O–H groups in total. The number of hydrogen-bond donors (Lipinski definition) is 0. The predicted molar refractivity (Wildman–Crippen MR) is 71.2 cm³/mol. The quantitative estimate of drug-likeness (QED) is 0.781. The molecule has 0 amide bonds. The molecule has 1 aromatic heterocycles. The lowest BCUT2D eigenvalue weighted by atomic mass is 9.96. The molecule has 1 aromatic rings. The third-order valence-electron chi connectivity index (χ3n) is 3.63. The van der Waals surface area contributed by atoms with E-state index in [1.54, 1.807) is 11.5 Å². The van der Waals surface area contributed by atoms with Gasteiger partial charge in [-0.2, -0.15) is 0 Å². The third kappa shape index (κ3) is 2.69. The van der Waals surface area contributed by atoms with Crippen LogP contribution in [0.1, 0.15) is 57.0 Å². The lowest BCUT2D eigenvalue weighted by Gasteiger charge is -2.28. The van der Waals surface area contributed by atoms with Gasteiger partial charge >= 0.3 is 5.97 Å². The average molecular weight is 264 g/mol. The Morgan fingerprint density at radius 2 is 2.21 bits per heavy atom. The monoisotopic (exact) mass is 264 g/mol. The first-order chi connectivity index (χ1) is 9.04. The summed E-state index contributed by atoms with van der Waals surface area (Å²) in [6.45, 7) is 6.17. The molecule has 5 heteroatoms.